The van der Waals surface area contributed by atoms with Crippen LogP contribution in [0.2, 0.25) is 0 Å². The van der Waals surface area contributed by atoms with Crippen LogP contribution in [0.5, 0.6) is 0 Å². The molecule has 0 amide bonds. The van der Waals surface area contributed by atoms with Gasteiger partial charge in [0.2, 0.25) is 0 Å². The van der Waals surface area contributed by atoms with Gasteiger partial charge >= 0.3 is 0 Å². The van der Waals surface area contributed by atoms with Gasteiger partial charge in [-0.25, -0.2) is 0 Å². The molecular formula is C48H31NO. The first-order valence-electron chi connectivity index (χ1n) is 17.1. The van der Waals surface area contributed by atoms with Crippen molar-refractivity contribution in [1.29, 1.82) is 0 Å². The molecule has 0 aliphatic rings. The second-order valence-corrected chi connectivity index (χ2v) is 12.9. The maximum atomic E-state index is 6.38. The van der Waals surface area contributed by atoms with E-state index in [1.54, 1.807) is 0 Å². The van der Waals surface area contributed by atoms with Crippen LogP contribution in [0.3, 0.4) is 0 Å². The van der Waals surface area contributed by atoms with Gasteiger partial charge in [0.15, 0.2) is 0 Å². The molecule has 50 heavy (non-hydrogen) atoms. The lowest BCUT2D eigenvalue weighted by Crippen LogP contribution is -2.11. The minimum atomic E-state index is 0.873. The Morgan fingerprint density at radius 2 is 0.960 bits per heavy atom. The monoisotopic (exact) mass is 637 g/mol. The van der Waals surface area contributed by atoms with E-state index in [1.807, 2.05) is 12.1 Å². The average Bonchev–Trinajstić information content (AvgIpc) is 3.56. The fourth-order valence-corrected chi connectivity index (χ4v) is 7.72. The zero-order valence-electron chi connectivity index (χ0n) is 27.3. The van der Waals surface area contributed by atoms with E-state index >= 15 is 0 Å². The lowest BCUT2D eigenvalue weighted by molar-refractivity contribution is 0.669. The van der Waals surface area contributed by atoms with Gasteiger partial charge in [-0.1, -0.05) is 140 Å². The fraction of sp³-hybridized carbons (Fsp3) is 0. The van der Waals surface area contributed by atoms with E-state index < -0.39 is 0 Å². The highest BCUT2D eigenvalue weighted by Gasteiger charge is 2.19. The van der Waals surface area contributed by atoms with Crippen LogP contribution >= 0.6 is 0 Å². The molecule has 0 saturated carbocycles. The molecule has 0 atom stereocenters. The minimum Gasteiger partial charge on any atom is -0.456 e. The first kappa shape index (κ1) is 28.4. The van der Waals surface area contributed by atoms with Crippen LogP contribution in [0.4, 0.5) is 17.1 Å². The molecule has 0 aliphatic carbocycles. The van der Waals surface area contributed by atoms with Crippen LogP contribution in [0.15, 0.2) is 192 Å². The van der Waals surface area contributed by atoms with Crippen molar-refractivity contribution in [3.63, 3.8) is 0 Å². The van der Waals surface area contributed by atoms with Crippen molar-refractivity contribution in [3.8, 4) is 22.3 Å². The Kier molecular flexibility index (Phi) is 6.53. The number of hydrogen-bond donors (Lipinski definition) is 0. The van der Waals surface area contributed by atoms with Gasteiger partial charge in [-0.3, -0.25) is 0 Å². The number of para-hydroxylation sites is 2. The zero-order chi connectivity index (χ0) is 33.0. The third-order valence-electron chi connectivity index (χ3n) is 10.0. The third-order valence-corrected chi connectivity index (χ3v) is 10.0. The molecular weight excluding hydrogens is 607 g/mol. The van der Waals surface area contributed by atoms with E-state index in [0.717, 1.165) is 44.6 Å². The van der Waals surface area contributed by atoms with E-state index in [2.05, 4.69) is 181 Å². The molecule has 0 aliphatic heterocycles. The highest BCUT2D eigenvalue weighted by molar-refractivity contribution is 6.23. The summed E-state index contributed by atoms with van der Waals surface area (Å²) in [6, 6.07) is 67.5. The summed E-state index contributed by atoms with van der Waals surface area (Å²) >= 11 is 0. The summed E-state index contributed by atoms with van der Waals surface area (Å²) in [7, 11) is 0. The summed E-state index contributed by atoms with van der Waals surface area (Å²) in [6.45, 7) is 0. The molecule has 2 nitrogen and oxygen atoms in total. The fourth-order valence-electron chi connectivity index (χ4n) is 7.72. The first-order chi connectivity index (χ1) is 24.8. The van der Waals surface area contributed by atoms with Gasteiger partial charge in [0.25, 0.3) is 0 Å². The van der Waals surface area contributed by atoms with Crippen molar-refractivity contribution < 1.29 is 4.42 Å². The van der Waals surface area contributed by atoms with Gasteiger partial charge in [0.1, 0.15) is 11.2 Å². The van der Waals surface area contributed by atoms with E-state index in [9.17, 15) is 0 Å². The van der Waals surface area contributed by atoms with Gasteiger partial charge in [0.05, 0.1) is 5.69 Å². The molecule has 0 N–H and O–H groups in total. The number of benzene rings is 9. The van der Waals surface area contributed by atoms with E-state index in [0.29, 0.717) is 0 Å². The molecule has 2 heteroatoms. The number of nitrogens with zero attached hydrogens (tertiary/aromatic N) is 1. The summed E-state index contributed by atoms with van der Waals surface area (Å²) in [6.07, 6.45) is 0. The molecule has 0 unspecified atom stereocenters. The molecule has 0 fully saturated rings. The molecule has 234 valence electrons. The second-order valence-electron chi connectivity index (χ2n) is 12.9. The number of fused-ring (bicyclic) bond motifs is 8. The molecule has 10 aromatic rings. The number of hydrogen-bond acceptors (Lipinski definition) is 2. The van der Waals surface area contributed by atoms with Crippen molar-refractivity contribution in [2.45, 2.75) is 0 Å². The lowest BCUT2D eigenvalue weighted by atomic mass is 9.90. The first-order valence-corrected chi connectivity index (χ1v) is 17.1. The second kappa shape index (κ2) is 11.5. The standard InChI is InChI=1S/C48H31NO/c1-2-12-32(13-3-1)38-15-8-10-20-45(38)49(37-28-29-42-41-18-9-11-21-46(41)50-47(42)31-37)36-26-24-34(25-27-36)44-30-35-23-22-33-14-4-5-16-39(33)48(35)43-19-7-6-17-40(43)44/h1-31H. The predicted molar refractivity (Wildman–Crippen MR) is 212 cm³/mol. The van der Waals surface area contributed by atoms with Crippen LogP contribution in [-0.2, 0) is 0 Å². The topological polar surface area (TPSA) is 16.4 Å². The van der Waals surface area contributed by atoms with Crippen LogP contribution in [-0.4, -0.2) is 0 Å². The molecule has 10 rings (SSSR count). The van der Waals surface area contributed by atoms with Gasteiger partial charge in [-0.15, -0.1) is 0 Å². The molecule has 0 radical (unpaired) electrons. The van der Waals surface area contributed by atoms with Crippen molar-refractivity contribution >= 4 is 71.3 Å². The summed E-state index contributed by atoms with van der Waals surface area (Å²) in [4.78, 5) is 2.35. The van der Waals surface area contributed by atoms with E-state index in [-0.39, 0.29) is 0 Å². The zero-order valence-corrected chi connectivity index (χ0v) is 27.3. The van der Waals surface area contributed by atoms with E-state index in [1.165, 1.54) is 49.0 Å². The van der Waals surface area contributed by atoms with Crippen molar-refractivity contribution in [3.05, 3.63) is 188 Å². The Morgan fingerprint density at radius 1 is 0.340 bits per heavy atom. The predicted octanol–water partition coefficient (Wildman–Crippen LogP) is 13.8. The molecule has 1 heterocycles. The minimum absolute atomic E-state index is 0.873. The van der Waals surface area contributed by atoms with Gasteiger partial charge in [-0.2, -0.15) is 0 Å². The Morgan fingerprint density at radius 3 is 1.82 bits per heavy atom. The Hall–Kier alpha value is -6.64. The highest BCUT2D eigenvalue weighted by atomic mass is 16.3. The molecule has 0 spiro atoms. The maximum absolute atomic E-state index is 6.38. The largest absolute Gasteiger partial charge is 0.456 e. The molecule has 1 aromatic heterocycles. The van der Waals surface area contributed by atoms with Crippen LogP contribution < -0.4 is 4.90 Å². The summed E-state index contributed by atoms with van der Waals surface area (Å²) < 4.78 is 6.38. The van der Waals surface area contributed by atoms with Crippen molar-refractivity contribution in [2.75, 3.05) is 4.90 Å². The lowest BCUT2D eigenvalue weighted by Gasteiger charge is -2.28. The van der Waals surface area contributed by atoms with E-state index in [4.69, 9.17) is 4.42 Å². The molecule has 9 aromatic carbocycles. The maximum Gasteiger partial charge on any atom is 0.137 e. The quantitative estimate of drug-likeness (QED) is 0.175. The SMILES string of the molecule is c1ccc(-c2ccccc2N(c2ccc(-c3cc4ccc5ccccc5c4c4ccccc34)cc2)c2ccc3c(c2)oc2ccccc23)cc1. The Balaban J connectivity index is 1.15. The number of anilines is 3. The highest BCUT2D eigenvalue weighted by Crippen LogP contribution is 2.44. The summed E-state index contributed by atoms with van der Waals surface area (Å²) in [5.41, 5.74) is 9.73. The third kappa shape index (κ3) is 4.57. The summed E-state index contributed by atoms with van der Waals surface area (Å²) in [5, 5.41) is 9.89. The number of furan rings is 1. The van der Waals surface area contributed by atoms with Crippen molar-refractivity contribution in [1.82, 2.24) is 0 Å². The Bertz CT molecular complexity index is 2870. The smallest absolute Gasteiger partial charge is 0.137 e. The van der Waals surface area contributed by atoms with Crippen LogP contribution in [0, 0.1) is 0 Å². The normalized spacial score (nSPS) is 11.6. The molecule has 0 bridgehead atoms. The number of rotatable bonds is 5. The van der Waals surface area contributed by atoms with Crippen molar-refractivity contribution in [2.24, 2.45) is 0 Å². The molecule has 0 saturated heterocycles. The van der Waals surface area contributed by atoms with Gasteiger partial charge in [-0.05, 0) is 91.5 Å². The van der Waals surface area contributed by atoms with Gasteiger partial charge < -0.3 is 9.32 Å². The summed E-state index contributed by atoms with van der Waals surface area (Å²) in [5.74, 6) is 0. The van der Waals surface area contributed by atoms with Crippen LogP contribution in [0.1, 0.15) is 0 Å². The average molecular weight is 638 g/mol. The van der Waals surface area contributed by atoms with Gasteiger partial charge in [0, 0.05) is 33.8 Å². The Labute approximate surface area is 290 Å². The van der Waals surface area contributed by atoms with Crippen LogP contribution in [0.25, 0.3) is 76.5 Å².